The molecule has 0 atom stereocenters. The fraction of sp³-hybridized carbons (Fsp3) is 0.111. The molecule has 0 saturated carbocycles. The minimum absolute atomic E-state index is 0.0974. The van der Waals surface area contributed by atoms with E-state index in [9.17, 15) is 14.7 Å². The first kappa shape index (κ1) is 14.1. The highest BCUT2D eigenvalue weighted by molar-refractivity contribution is 6.26. The van der Waals surface area contributed by atoms with Crippen molar-refractivity contribution in [1.29, 1.82) is 0 Å². The molecular weight excluding hydrogens is 278 g/mol. The molecule has 1 aliphatic rings. The predicted octanol–water partition coefficient (Wildman–Crippen LogP) is 3.03. The number of amides is 1. The first-order valence-corrected chi connectivity index (χ1v) is 6.99. The number of carbonyl (C=O) groups excluding carboxylic acids is 1. The smallest absolute Gasteiger partial charge is 0.336 e. The topological polar surface area (TPSA) is 66.4 Å². The van der Waals surface area contributed by atoms with Crippen LogP contribution in [-0.4, -0.2) is 17.0 Å². The SMILES string of the molecule is Cc1ccc(NC(=O)C2=C(C(=O)O)c3ccccc3C2)cc1. The number of hydrogen-bond donors (Lipinski definition) is 2. The van der Waals surface area contributed by atoms with E-state index in [1.807, 2.05) is 31.2 Å². The predicted molar refractivity (Wildman–Crippen MR) is 84.5 cm³/mol. The molecule has 2 N–H and O–H groups in total. The quantitative estimate of drug-likeness (QED) is 0.914. The third-order valence-electron chi connectivity index (χ3n) is 3.75. The zero-order chi connectivity index (χ0) is 15.7. The molecular formula is C18H15NO3. The van der Waals surface area contributed by atoms with Gasteiger partial charge in [-0.15, -0.1) is 0 Å². The van der Waals surface area contributed by atoms with Gasteiger partial charge in [-0.2, -0.15) is 0 Å². The van der Waals surface area contributed by atoms with Crippen LogP contribution < -0.4 is 5.32 Å². The maximum Gasteiger partial charge on any atom is 0.336 e. The van der Waals surface area contributed by atoms with Crippen molar-refractivity contribution in [2.45, 2.75) is 13.3 Å². The fourth-order valence-electron chi connectivity index (χ4n) is 2.64. The van der Waals surface area contributed by atoms with Crippen molar-refractivity contribution in [2.24, 2.45) is 0 Å². The molecule has 4 heteroatoms. The van der Waals surface area contributed by atoms with E-state index in [4.69, 9.17) is 0 Å². The van der Waals surface area contributed by atoms with E-state index < -0.39 is 5.97 Å². The number of carbonyl (C=O) groups is 2. The summed E-state index contributed by atoms with van der Waals surface area (Å²) in [7, 11) is 0. The average molecular weight is 293 g/mol. The largest absolute Gasteiger partial charge is 0.478 e. The minimum Gasteiger partial charge on any atom is -0.478 e. The first-order valence-electron chi connectivity index (χ1n) is 6.99. The molecule has 2 aromatic carbocycles. The van der Waals surface area contributed by atoms with Gasteiger partial charge in [0.05, 0.1) is 5.57 Å². The van der Waals surface area contributed by atoms with Gasteiger partial charge in [0.2, 0.25) is 0 Å². The van der Waals surface area contributed by atoms with Crippen LogP contribution in [0.5, 0.6) is 0 Å². The van der Waals surface area contributed by atoms with E-state index >= 15 is 0 Å². The summed E-state index contributed by atoms with van der Waals surface area (Å²) in [4.78, 5) is 24.0. The molecule has 0 aromatic heterocycles. The molecule has 0 bridgehead atoms. The van der Waals surface area contributed by atoms with Gasteiger partial charge in [0.25, 0.3) is 5.91 Å². The summed E-state index contributed by atoms with van der Waals surface area (Å²) in [6.07, 6.45) is 0.343. The molecule has 1 aliphatic carbocycles. The Morgan fingerprint density at radius 2 is 1.73 bits per heavy atom. The van der Waals surface area contributed by atoms with Crippen LogP contribution in [0.3, 0.4) is 0 Å². The van der Waals surface area contributed by atoms with Crippen LogP contribution in [0.4, 0.5) is 5.69 Å². The molecule has 3 rings (SSSR count). The minimum atomic E-state index is -1.07. The van der Waals surface area contributed by atoms with Crippen LogP contribution in [0.1, 0.15) is 16.7 Å². The van der Waals surface area contributed by atoms with Gasteiger partial charge in [-0.1, -0.05) is 42.0 Å². The third kappa shape index (κ3) is 2.51. The average Bonchev–Trinajstić information content (AvgIpc) is 2.89. The van der Waals surface area contributed by atoms with E-state index in [1.54, 1.807) is 24.3 Å². The van der Waals surface area contributed by atoms with Crippen LogP contribution >= 0.6 is 0 Å². The molecule has 22 heavy (non-hydrogen) atoms. The van der Waals surface area contributed by atoms with Crippen molar-refractivity contribution in [3.8, 4) is 0 Å². The maximum atomic E-state index is 12.5. The summed E-state index contributed by atoms with van der Waals surface area (Å²) < 4.78 is 0. The zero-order valence-corrected chi connectivity index (χ0v) is 12.1. The Labute approximate surface area is 128 Å². The van der Waals surface area contributed by atoms with E-state index in [0.29, 0.717) is 23.2 Å². The van der Waals surface area contributed by atoms with Crippen LogP contribution in [0.25, 0.3) is 5.57 Å². The summed E-state index contributed by atoms with van der Waals surface area (Å²) in [5, 5.41) is 12.2. The molecule has 0 heterocycles. The van der Waals surface area contributed by atoms with Gasteiger partial charge in [-0.05, 0) is 30.2 Å². The van der Waals surface area contributed by atoms with Crippen molar-refractivity contribution in [3.05, 3.63) is 70.8 Å². The zero-order valence-electron chi connectivity index (χ0n) is 12.1. The van der Waals surface area contributed by atoms with Gasteiger partial charge in [0, 0.05) is 17.7 Å². The lowest BCUT2D eigenvalue weighted by atomic mass is 10.1. The van der Waals surface area contributed by atoms with Crippen molar-refractivity contribution in [1.82, 2.24) is 0 Å². The van der Waals surface area contributed by atoms with Gasteiger partial charge in [0.1, 0.15) is 0 Å². The van der Waals surface area contributed by atoms with Crippen LogP contribution in [-0.2, 0) is 16.0 Å². The highest BCUT2D eigenvalue weighted by Crippen LogP contribution is 2.33. The van der Waals surface area contributed by atoms with E-state index in [2.05, 4.69) is 5.32 Å². The van der Waals surface area contributed by atoms with Gasteiger partial charge >= 0.3 is 5.97 Å². The Balaban J connectivity index is 1.93. The number of carboxylic acid groups (broad SMARTS) is 1. The maximum absolute atomic E-state index is 12.5. The second kappa shape index (κ2) is 5.48. The Hall–Kier alpha value is -2.88. The Bertz CT molecular complexity index is 788. The van der Waals surface area contributed by atoms with Gasteiger partial charge < -0.3 is 10.4 Å². The first-order chi connectivity index (χ1) is 10.6. The van der Waals surface area contributed by atoms with Crippen molar-refractivity contribution in [3.63, 3.8) is 0 Å². The van der Waals surface area contributed by atoms with E-state index in [1.165, 1.54) is 0 Å². The van der Waals surface area contributed by atoms with Crippen molar-refractivity contribution in [2.75, 3.05) is 5.32 Å². The summed E-state index contributed by atoms with van der Waals surface area (Å²) in [5.74, 6) is -1.43. The summed E-state index contributed by atoms with van der Waals surface area (Å²) in [6, 6.07) is 14.6. The number of anilines is 1. The van der Waals surface area contributed by atoms with E-state index in [0.717, 1.165) is 11.1 Å². The number of hydrogen-bond acceptors (Lipinski definition) is 2. The molecule has 0 unspecified atom stereocenters. The number of rotatable bonds is 3. The molecule has 0 fully saturated rings. The van der Waals surface area contributed by atoms with E-state index in [-0.39, 0.29) is 11.5 Å². The van der Waals surface area contributed by atoms with Crippen LogP contribution in [0.2, 0.25) is 0 Å². The summed E-state index contributed by atoms with van der Waals surface area (Å²) >= 11 is 0. The standard InChI is InChI=1S/C18H15NO3/c1-11-6-8-13(9-7-11)19-17(20)15-10-12-4-2-3-5-14(12)16(15)18(21)22/h2-9H,10H2,1H3,(H,19,20)(H,21,22). The molecule has 2 aromatic rings. The molecule has 0 spiro atoms. The Morgan fingerprint density at radius 3 is 2.41 bits per heavy atom. The second-order valence-corrected chi connectivity index (χ2v) is 5.31. The molecule has 1 amide bonds. The molecule has 4 nitrogen and oxygen atoms in total. The summed E-state index contributed by atoms with van der Waals surface area (Å²) in [6.45, 7) is 1.96. The van der Waals surface area contributed by atoms with Crippen molar-refractivity contribution >= 4 is 23.1 Å². The highest BCUT2D eigenvalue weighted by Gasteiger charge is 2.30. The number of aryl methyl sites for hydroxylation is 1. The lowest BCUT2D eigenvalue weighted by Crippen LogP contribution is -2.17. The fourth-order valence-corrected chi connectivity index (χ4v) is 2.64. The van der Waals surface area contributed by atoms with Gasteiger partial charge in [-0.3, -0.25) is 4.79 Å². The Morgan fingerprint density at radius 1 is 1.05 bits per heavy atom. The molecule has 0 radical (unpaired) electrons. The van der Waals surface area contributed by atoms with Gasteiger partial charge in [0.15, 0.2) is 0 Å². The lowest BCUT2D eigenvalue weighted by Gasteiger charge is -2.07. The van der Waals surface area contributed by atoms with Crippen molar-refractivity contribution < 1.29 is 14.7 Å². The van der Waals surface area contributed by atoms with Crippen LogP contribution in [0.15, 0.2) is 54.1 Å². The Kier molecular flexibility index (Phi) is 3.51. The number of fused-ring (bicyclic) bond motifs is 1. The number of nitrogens with one attached hydrogen (secondary N) is 1. The molecule has 110 valence electrons. The molecule has 0 saturated heterocycles. The third-order valence-corrected chi connectivity index (χ3v) is 3.75. The second-order valence-electron chi connectivity index (χ2n) is 5.31. The summed E-state index contributed by atoms with van der Waals surface area (Å²) in [5.41, 5.74) is 3.65. The van der Waals surface area contributed by atoms with Gasteiger partial charge in [-0.25, -0.2) is 4.79 Å². The molecule has 0 aliphatic heterocycles. The highest BCUT2D eigenvalue weighted by atomic mass is 16.4. The number of benzene rings is 2. The number of carboxylic acids is 1. The lowest BCUT2D eigenvalue weighted by molar-refractivity contribution is -0.130. The normalized spacial score (nSPS) is 13.0. The van der Waals surface area contributed by atoms with Crippen LogP contribution in [0, 0.1) is 6.92 Å². The number of aliphatic carboxylic acids is 1. The monoisotopic (exact) mass is 293 g/mol.